The summed E-state index contributed by atoms with van der Waals surface area (Å²) >= 11 is 1.68. The summed E-state index contributed by atoms with van der Waals surface area (Å²) in [5.41, 5.74) is 8.11. The molecule has 100 valence electrons. The van der Waals surface area contributed by atoms with Crippen molar-refractivity contribution >= 4 is 11.3 Å². The van der Waals surface area contributed by atoms with Crippen LogP contribution < -0.4 is 5.73 Å². The van der Waals surface area contributed by atoms with Crippen LogP contribution in [0.15, 0.2) is 24.3 Å². The van der Waals surface area contributed by atoms with Crippen molar-refractivity contribution in [2.45, 2.75) is 38.1 Å². The minimum Gasteiger partial charge on any atom is -0.319 e. The summed E-state index contributed by atoms with van der Waals surface area (Å²) in [4.78, 5) is 5.89. The van der Waals surface area contributed by atoms with Gasteiger partial charge in [-0.3, -0.25) is 0 Å². The fraction of sp³-hybridized carbons (Fsp3) is 0.400. The van der Waals surface area contributed by atoms with Crippen LogP contribution in [0.5, 0.6) is 0 Å². The third-order valence-electron chi connectivity index (χ3n) is 3.84. The maximum Gasteiger partial charge on any atom is 0.123 e. The highest BCUT2D eigenvalue weighted by atomic mass is 32.1. The van der Waals surface area contributed by atoms with Gasteiger partial charge in [0.15, 0.2) is 0 Å². The van der Waals surface area contributed by atoms with E-state index in [1.165, 1.54) is 25.0 Å². The molecule has 1 aromatic heterocycles. The Morgan fingerprint density at radius 2 is 1.84 bits per heavy atom. The molecule has 0 spiro atoms. The summed E-state index contributed by atoms with van der Waals surface area (Å²) in [6, 6.07) is 6.50. The van der Waals surface area contributed by atoms with Gasteiger partial charge in [0.1, 0.15) is 10.8 Å². The van der Waals surface area contributed by atoms with Gasteiger partial charge in [0.25, 0.3) is 0 Å². The van der Waals surface area contributed by atoms with E-state index in [0.717, 1.165) is 34.0 Å². The summed E-state index contributed by atoms with van der Waals surface area (Å²) < 4.78 is 13.0. The Hall–Kier alpha value is -1.26. The van der Waals surface area contributed by atoms with Crippen molar-refractivity contribution in [3.05, 3.63) is 40.0 Å². The van der Waals surface area contributed by atoms with Crippen molar-refractivity contribution in [2.75, 3.05) is 0 Å². The van der Waals surface area contributed by atoms with E-state index in [1.54, 1.807) is 23.5 Å². The first-order valence-electron chi connectivity index (χ1n) is 6.61. The number of benzene rings is 1. The van der Waals surface area contributed by atoms with Crippen LogP contribution in [0.2, 0.25) is 0 Å². The predicted molar refractivity (Wildman–Crippen MR) is 76.6 cm³/mol. The Labute approximate surface area is 116 Å². The van der Waals surface area contributed by atoms with Crippen LogP contribution in [0, 0.1) is 12.7 Å². The topological polar surface area (TPSA) is 38.9 Å². The van der Waals surface area contributed by atoms with Crippen molar-refractivity contribution in [1.29, 1.82) is 0 Å². The molecular formula is C15H17FN2S. The van der Waals surface area contributed by atoms with Crippen molar-refractivity contribution in [3.63, 3.8) is 0 Å². The molecule has 2 nitrogen and oxygen atoms in total. The van der Waals surface area contributed by atoms with E-state index >= 15 is 0 Å². The van der Waals surface area contributed by atoms with E-state index in [2.05, 4.69) is 6.92 Å². The molecule has 1 saturated carbocycles. The van der Waals surface area contributed by atoms with Gasteiger partial charge < -0.3 is 5.73 Å². The Morgan fingerprint density at radius 3 is 2.47 bits per heavy atom. The highest BCUT2D eigenvalue weighted by molar-refractivity contribution is 7.12. The normalized spacial score (nSPS) is 17.8. The largest absolute Gasteiger partial charge is 0.319 e. The van der Waals surface area contributed by atoms with Crippen LogP contribution in [0.4, 0.5) is 4.39 Å². The number of halogens is 1. The Bertz CT molecular complexity index is 583. The molecular weight excluding hydrogens is 259 g/mol. The first kappa shape index (κ1) is 12.8. The zero-order valence-corrected chi connectivity index (χ0v) is 11.8. The third kappa shape index (κ3) is 2.30. The molecule has 1 heterocycles. The van der Waals surface area contributed by atoms with Gasteiger partial charge in [-0.25, -0.2) is 9.37 Å². The highest BCUT2D eigenvalue weighted by Crippen LogP contribution is 2.40. The molecule has 0 unspecified atom stereocenters. The quantitative estimate of drug-likeness (QED) is 0.901. The lowest BCUT2D eigenvalue weighted by molar-refractivity contribution is 0.459. The zero-order chi connectivity index (χ0) is 13.5. The average Bonchev–Trinajstić information content (AvgIpc) is 2.98. The smallest absolute Gasteiger partial charge is 0.123 e. The van der Waals surface area contributed by atoms with Gasteiger partial charge in [-0.15, -0.1) is 11.3 Å². The summed E-state index contributed by atoms with van der Waals surface area (Å²) in [6.07, 6.45) is 4.40. The summed E-state index contributed by atoms with van der Waals surface area (Å²) in [6.45, 7) is 2.05. The Balaban J connectivity index is 1.99. The molecule has 19 heavy (non-hydrogen) atoms. The van der Waals surface area contributed by atoms with E-state index in [4.69, 9.17) is 10.7 Å². The molecule has 1 aromatic carbocycles. The van der Waals surface area contributed by atoms with E-state index in [9.17, 15) is 4.39 Å². The van der Waals surface area contributed by atoms with E-state index < -0.39 is 0 Å². The minimum absolute atomic E-state index is 0.219. The monoisotopic (exact) mass is 276 g/mol. The van der Waals surface area contributed by atoms with E-state index in [1.807, 2.05) is 0 Å². The molecule has 1 aliphatic carbocycles. The second-order valence-corrected chi connectivity index (χ2v) is 6.50. The second-order valence-electron chi connectivity index (χ2n) is 5.29. The van der Waals surface area contributed by atoms with Gasteiger partial charge in [0.05, 0.1) is 11.2 Å². The van der Waals surface area contributed by atoms with Crippen LogP contribution in [0.3, 0.4) is 0 Å². The van der Waals surface area contributed by atoms with Gasteiger partial charge in [0, 0.05) is 10.4 Å². The van der Waals surface area contributed by atoms with Crippen LogP contribution in [-0.2, 0) is 5.54 Å². The van der Waals surface area contributed by atoms with Crippen molar-refractivity contribution < 1.29 is 4.39 Å². The first-order chi connectivity index (χ1) is 9.08. The maximum absolute atomic E-state index is 13.0. The standard InChI is InChI=1S/C15H17FN2S/c1-10-13(11-4-6-12(16)7-5-11)18-14(19-10)15(17)8-2-3-9-15/h4-7H,2-3,8-9,17H2,1H3. The molecule has 0 aliphatic heterocycles. The van der Waals surface area contributed by atoms with Crippen LogP contribution >= 0.6 is 11.3 Å². The lowest BCUT2D eigenvalue weighted by Crippen LogP contribution is -2.32. The summed E-state index contributed by atoms with van der Waals surface area (Å²) in [7, 11) is 0. The number of aromatic nitrogens is 1. The van der Waals surface area contributed by atoms with E-state index in [-0.39, 0.29) is 11.4 Å². The van der Waals surface area contributed by atoms with Crippen molar-refractivity contribution in [3.8, 4) is 11.3 Å². The molecule has 2 aromatic rings. The highest BCUT2D eigenvalue weighted by Gasteiger charge is 2.34. The van der Waals surface area contributed by atoms with Crippen molar-refractivity contribution in [2.24, 2.45) is 5.73 Å². The molecule has 0 saturated heterocycles. The van der Waals surface area contributed by atoms with Gasteiger partial charge in [-0.1, -0.05) is 12.8 Å². The van der Waals surface area contributed by atoms with Crippen molar-refractivity contribution in [1.82, 2.24) is 4.98 Å². The van der Waals surface area contributed by atoms with Crippen LogP contribution in [0.1, 0.15) is 35.6 Å². The predicted octanol–water partition coefficient (Wildman–Crippen LogP) is 3.99. The molecule has 0 bridgehead atoms. The number of hydrogen-bond donors (Lipinski definition) is 1. The number of thiazole rings is 1. The number of aryl methyl sites for hydroxylation is 1. The van der Waals surface area contributed by atoms with Gasteiger partial charge in [0.2, 0.25) is 0 Å². The first-order valence-corrected chi connectivity index (χ1v) is 7.43. The second kappa shape index (κ2) is 4.69. The number of nitrogens with zero attached hydrogens (tertiary/aromatic N) is 1. The van der Waals surface area contributed by atoms with Gasteiger partial charge in [-0.2, -0.15) is 0 Å². The molecule has 4 heteroatoms. The molecule has 0 radical (unpaired) electrons. The summed E-state index contributed by atoms with van der Waals surface area (Å²) in [5, 5.41) is 1.03. The zero-order valence-electron chi connectivity index (χ0n) is 10.9. The number of nitrogens with two attached hydrogens (primary N) is 1. The van der Waals surface area contributed by atoms with Crippen LogP contribution in [0.25, 0.3) is 11.3 Å². The Morgan fingerprint density at radius 1 is 1.21 bits per heavy atom. The Kier molecular flexibility index (Phi) is 3.15. The lowest BCUT2D eigenvalue weighted by Gasteiger charge is -2.19. The molecule has 0 atom stereocenters. The summed E-state index contributed by atoms with van der Waals surface area (Å²) in [5.74, 6) is -0.219. The molecule has 0 amide bonds. The fourth-order valence-corrected chi connectivity index (χ4v) is 3.80. The molecule has 3 rings (SSSR count). The third-order valence-corrected chi connectivity index (χ3v) is 5.03. The molecule has 1 aliphatic rings. The van der Waals surface area contributed by atoms with Gasteiger partial charge in [-0.05, 0) is 44.0 Å². The minimum atomic E-state index is -0.242. The van der Waals surface area contributed by atoms with Gasteiger partial charge >= 0.3 is 0 Å². The maximum atomic E-state index is 13.0. The fourth-order valence-electron chi connectivity index (χ4n) is 2.70. The average molecular weight is 276 g/mol. The van der Waals surface area contributed by atoms with E-state index in [0.29, 0.717) is 0 Å². The number of hydrogen-bond acceptors (Lipinski definition) is 3. The van der Waals surface area contributed by atoms with Crippen LogP contribution in [-0.4, -0.2) is 4.98 Å². The molecule has 1 fully saturated rings. The number of rotatable bonds is 2. The lowest BCUT2D eigenvalue weighted by atomic mass is 10.0. The SMILES string of the molecule is Cc1sc(C2(N)CCCC2)nc1-c1ccc(F)cc1. The molecule has 2 N–H and O–H groups in total.